The molecule has 158 valence electrons. The van der Waals surface area contributed by atoms with Gasteiger partial charge in [-0.05, 0) is 62.8 Å². The first kappa shape index (κ1) is 20.3. The van der Waals surface area contributed by atoms with Crippen LogP contribution in [0.3, 0.4) is 0 Å². The van der Waals surface area contributed by atoms with E-state index in [0.29, 0.717) is 32.4 Å². The molecule has 3 aliphatic heterocycles. The third kappa shape index (κ3) is 3.68. The van der Waals surface area contributed by atoms with Crippen LogP contribution in [0.1, 0.15) is 45.1 Å². The molecule has 3 heterocycles. The third-order valence-corrected chi connectivity index (χ3v) is 8.36. The topological polar surface area (TPSA) is 78.0 Å². The molecule has 0 aromatic heterocycles. The molecule has 0 bridgehead atoms. The zero-order valence-corrected chi connectivity index (χ0v) is 18.0. The lowest BCUT2D eigenvalue weighted by atomic mass is 9.97. The lowest BCUT2D eigenvalue weighted by Crippen LogP contribution is -2.43. The number of hydrogen-bond acceptors (Lipinski definition) is 4. The zero-order valence-electron chi connectivity index (χ0n) is 17.1. The van der Waals surface area contributed by atoms with E-state index >= 15 is 0 Å². The number of sulfonamides is 1. The van der Waals surface area contributed by atoms with E-state index in [1.54, 1.807) is 23.1 Å². The summed E-state index contributed by atoms with van der Waals surface area (Å²) in [6, 6.07) is 5.10. The molecule has 1 atom stereocenters. The van der Waals surface area contributed by atoms with Gasteiger partial charge < -0.3 is 9.80 Å². The Morgan fingerprint density at radius 2 is 1.69 bits per heavy atom. The van der Waals surface area contributed by atoms with Crippen molar-refractivity contribution >= 4 is 27.5 Å². The van der Waals surface area contributed by atoms with E-state index in [1.807, 2.05) is 11.8 Å². The predicted octanol–water partition coefficient (Wildman–Crippen LogP) is 2.01. The van der Waals surface area contributed by atoms with E-state index in [-0.39, 0.29) is 28.7 Å². The van der Waals surface area contributed by atoms with Gasteiger partial charge in [-0.3, -0.25) is 9.59 Å². The molecule has 0 spiro atoms. The summed E-state index contributed by atoms with van der Waals surface area (Å²) in [6.45, 7) is 5.92. The van der Waals surface area contributed by atoms with Crippen LogP contribution >= 0.6 is 0 Å². The SMILES string of the molecule is CC(=O)N1c2ccc(S(=O)(=O)N3CCC(C(=O)N4CCCC4)CC3)cc2C[C@H]1C. The van der Waals surface area contributed by atoms with Crippen molar-refractivity contribution in [3.8, 4) is 0 Å². The Balaban J connectivity index is 1.47. The molecule has 0 N–H and O–H groups in total. The van der Waals surface area contributed by atoms with E-state index in [4.69, 9.17) is 0 Å². The maximum atomic E-state index is 13.2. The van der Waals surface area contributed by atoms with Crippen LogP contribution in [-0.2, 0) is 26.0 Å². The fraction of sp³-hybridized carbons (Fsp3) is 0.619. The normalized spacial score (nSPS) is 23.4. The average Bonchev–Trinajstić information content (AvgIpc) is 3.33. The van der Waals surface area contributed by atoms with E-state index < -0.39 is 10.0 Å². The monoisotopic (exact) mass is 419 g/mol. The summed E-state index contributed by atoms with van der Waals surface area (Å²) in [5, 5.41) is 0. The summed E-state index contributed by atoms with van der Waals surface area (Å²) in [7, 11) is -3.60. The molecule has 7 nitrogen and oxygen atoms in total. The second-order valence-electron chi connectivity index (χ2n) is 8.44. The zero-order chi connectivity index (χ0) is 20.8. The fourth-order valence-electron chi connectivity index (χ4n) is 4.94. The van der Waals surface area contributed by atoms with Gasteiger partial charge in [0, 0.05) is 50.7 Å². The van der Waals surface area contributed by atoms with Crippen LogP contribution in [0.15, 0.2) is 23.1 Å². The lowest BCUT2D eigenvalue weighted by Gasteiger charge is -2.32. The molecule has 0 saturated carbocycles. The molecule has 1 aromatic carbocycles. The van der Waals surface area contributed by atoms with Crippen molar-refractivity contribution in [2.45, 2.75) is 56.9 Å². The van der Waals surface area contributed by atoms with Gasteiger partial charge in [0.15, 0.2) is 0 Å². The van der Waals surface area contributed by atoms with Gasteiger partial charge in [0.25, 0.3) is 0 Å². The molecule has 2 fully saturated rings. The summed E-state index contributed by atoms with van der Waals surface area (Å²) in [5.41, 5.74) is 1.70. The number of amides is 2. The van der Waals surface area contributed by atoms with Crippen molar-refractivity contribution in [1.29, 1.82) is 0 Å². The molecule has 2 saturated heterocycles. The van der Waals surface area contributed by atoms with Gasteiger partial charge in [-0.15, -0.1) is 0 Å². The number of piperidine rings is 1. The summed E-state index contributed by atoms with van der Waals surface area (Å²) in [6.07, 6.45) is 3.95. The van der Waals surface area contributed by atoms with E-state index in [9.17, 15) is 18.0 Å². The smallest absolute Gasteiger partial charge is 0.243 e. The Labute approximate surface area is 172 Å². The van der Waals surface area contributed by atoms with Crippen LogP contribution in [0.4, 0.5) is 5.69 Å². The maximum absolute atomic E-state index is 13.2. The highest BCUT2D eigenvalue weighted by Crippen LogP contribution is 2.35. The average molecular weight is 420 g/mol. The van der Waals surface area contributed by atoms with Crippen molar-refractivity contribution in [3.05, 3.63) is 23.8 Å². The first-order valence-electron chi connectivity index (χ1n) is 10.5. The van der Waals surface area contributed by atoms with Gasteiger partial charge in [-0.1, -0.05) is 0 Å². The van der Waals surface area contributed by atoms with Gasteiger partial charge >= 0.3 is 0 Å². The number of likely N-dealkylation sites (tertiary alicyclic amines) is 1. The van der Waals surface area contributed by atoms with Crippen LogP contribution in [0.25, 0.3) is 0 Å². The highest BCUT2D eigenvalue weighted by molar-refractivity contribution is 7.89. The highest BCUT2D eigenvalue weighted by Gasteiger charge is 2.36. The van der Waals surface area contributed by atoms with Crippen molar-refractivity contribution in [2.75, 3.05) is 31.1 Å². The van der Waals surface area contributed by atoms with Gasteiger partial charge in [0.2, 0.25) is 21.8 Å². The lowest BCUT2D eigenvalue weighted by molar-refractivity contribution is -0.135. The number of hydrogen-bond donors (Lipinski definition) is 0. The van der Waals surface area contributed by atoms with Crippen molar-refractivity contribution in [3.63, 3.8) is 0 Å². The Bertz CT molecular complexity index is 916. The first-order chi connectivity index (χ1) is 13.8. The standard InChI is InChI=1S/C21H29N3O4S/c1-15-13-18-14-19(5-6-20(18)24(15)16(2)25)29(27,28)23-11-7-17(8-12-23)21(26)22-9-3-4-10-22/h5-6,14-15,17H,3-4,7-13H2,1-2H3/t15-/m1/s1. The van der Waals surface area contributed by atoms with E-state index in [1.165, 1.54) is 11.2 Å². The minimum Gasteiger partial charge on any atom is -0.342 e. The Kier molecular flexibility index (Phi) is 5.42. The third-order valence-electron chi connectivity index (χ3n) is 6.46. The van der Waals surface area contributed by atoms with Gasteiger partial charge in [-0.2, -0.15) is 4.31 Å². The molecule has 0 unspecified atom stereocenters. The maximum Gasteiger partial charge on any atom is 0.243 e. The predicted molar refractivity (Wildman–Crippen MR) is 110 cm³/mol. The van der Waals surface area contributed by atoms with Crippen LogP contribution in [0.2, 0.25) is 0 Å². The summed E-state index contributed by atoms with van der Waals surface area (Å²) in [4.78, 5) is 28.4. The molecule has 29 heavy (non-hydrogen) atoms. The second kappa shape index (κ2) is 7.72. The van der Waals surface area contributed by atoms with Crippen LogP contribution < -0.4 is 4.90 Å². The summed E-state index contributed by atoms with van der Waals surface area (Å²) in [5.74, 6) is 0.0940. The van der Waals surface area contributed by atoms with Crippen molar-refractivity contribution in [1.82, 2.24) is 9.21 Å². The molecule has 8 heteroatoms. The molecule has 0 radical (unpaired) electrons. The van der Waals surface area contributed by atoms with E-state index in [2.05, 4.69) is 0 Å². The number of carbonyl (C=O) groups excluding carboxylic acids is 2. The van der Waals surface area contributed by atoms with Crippen LogP contribution in [0, 0.1) is 5.92 Å². The van der Waals surface area contributed by atoms with E-state index in [0.717, 1.165) is 37.2 Å². The fourth-order valence-corrected chi connectivity index (χ4v) is 6.46. The summed E-state index contributed by atoms with van der Waals surface area (Å²) >= 11 is 0. The van der Waals surface area contributed by atoms with Gasteiger partial charge in [0.1, 0.15) is 0 Å². The Hall–Kier alpha value is -1.93. The Morgan fingerprint density at radius 3 is 2.31 bits per heavy atom. The highest BCUT2D eigenvalue weighted by atomic mass is 32.2. The molecule has 2 amide bonds. The minimum atomic E-state index is -3.60. The number of anilines is 1. The first-order valence-corrected chi connectivity index (χ1v) is 11.9. The van der Waals surface area contributed by atoms with Crippen molar-refractivity contribution < 1.29 is 18.0 Å². The largest absolute Gasteiger partial charge is 0.342 e. The molecule has 3 aliphatic rings. The Morgan fingerprint density at radius 1 is 1.03 bits per heavy atom. The van der Waals surface area contributed by atoms with Crippen LogP contribution in [-0.4, -0.2) is 61.7 Å². The number of carbonyl (C=O) groups is 2. The second-order valence-corrected chi connectivity index (χ2v) is 10.4. The molecule has 0 aliphatic carbocycles. The molecule has 4 rings (SSSR count). The summed E-state index contributed by atoms with van der Waals surface area (Å²) < 4.78 is 27.8. The molecular weight excluding hydrogens is 390 g/mol. The number of fused-ring (bicyclic) bond motifs is 1. The van der Waals surface area contributed by atoms with Gasteiger partial charge in [0.05, 0.1) is 4.90 Å². The number of nitrogens with zero attached hydrogens (tertiary/aromatic N) is 3. The quantitative estimate of drug-likeness (QED) is 0.751. The minimum absolute atomic E-state index is 0.0309. The van der Waals surface area contributed by atoms with Crippen LogP contribution in [0.5, 0.6) is 0 Å². The number of rotatable bonds is 3. The number of benzene rings is 1. The molecule has 1 aromatic rings. The molecular formula is C21H29N3O4S. The van der Waals surface area contributed by atoms with Gasteiger partial charge in [-0.25, -0.2) is 8.42 Å². The van der Waals surface area contributed by atoms with Crippen molar-refractivity contribution in [2.24, 2.45) is 5.92 Å².